The zero-order valence-corrected chi connectivity index (χ0v) is 7.29. The summed E-state index contributed by atoms with van der Waals surface area (Å²) in [5.41, 5.74) is 0. The minimum Gasteiger partial charge on any atom is -0.462 e. The van der Waals surface area contributed by atoms with E-state index in [9.17, 15) is 4.79 Å². The van der Waals surface area contributed by atoms with Crippen molar-refractivity contribution in [1.29, 1.82) is 0 Å². The summed E-state index contributed by atoms with van der Waals surface area (Å²) in [4.78, 5) is 10.9. The second-order valence-corrected chi connectivity index (χ2v) is 3.49. The third kappa shape index (κ3) is 1.61. The van der Waals surface area contributed by atoms with Gasteiger partial charge in [-0.1, -0.05) is 6.92 Å². The van der Waals surface area contributed by atoms with Gasteiger partial charge in [0.25, 0.3) is 0 Å². The number of hydrogen-bond acceptors (Lipinski definition) is 3. The molecule has 0 bridgehead atoms. The van der Waals surface area contributed by atoms with Crippen molar-refractivity contribution in [3.63, 3.8) is 0 Å². The van der Waals surface area contributed by atoms with Gasteiger partial charge in [-0.2, -0.15) is 0 Å². The first kappa shape index (κ1) is 8.05. The van der Waals surface area contributed by atoms with E-state index in [1.807, 2.05) is 6.92 Å². The Morgan fingerprint density at radius 3 is 3.00 bits per heavy atom. The Kier molecular flexibility index (Phi) is 2.05. The Morgan fingerprint density at radius 2 is 2.33 bits per heavy atom. The molecule has 12 heavy (non-hydrogen) atoms. The number of hydrogen-bond donors (Lipinski definition) is 0. The van der Waals surface area contributed by atoms with E-state index in [1.54, 1.807) is 0 Å². The fourth-order valence-electron chi connectivity index (χ4n) is 1.74. The fraction of sp³-hybridized carbons (Fsp3) is 0.889. The van der Waals surface area contributed by atoms with Crippen LogP contribution in [-0.4, -0.2) is 24.3 Å². The molecule has 3 heteroatoms. The lowest BCUT2D eigenvalue weighted by Gasteiger charge is -2.18. The van der Waals surface area contributed by atoms with Crippen LogP contribution in [0.2, 0.25) is 0 Å². The Morgan fingerprint density at radius 1 is 1.50 bits per heavy atom. The summed E-state index contributed by atoms with van der Waals surface area (Å²) in [7, 11) is 0. The Bertz CT molecular complexity index is 190. The number of carbonyl (C=O) groups excluding carboxylic acids is 1. The van der Waals surface area contributed by atoms with Crippen LogP contribution in [0.15, 0.2) is 0 Å². The summed E-state index contributed by atoms with van der Waals surface area (Å²) < 4.78 is 10.6. The van der Waals surface area contributed by atoms with Crippen LogP contribution in [0.25, 0.3) is 0 Å². The smallest absolute Gasteiger partial charge is 0.305 e. The van der Waals surface area contributed by atoms with Gasteiger partial charge in [0.1, 0.15) is 6.10 Å². The molecular weight excluding hydrogens is 156 g/mol. The number of carbonyl (C=O) groups is 1. The molecular formula is C9H14O3. The summed E-state index contributed by atoms with van der Waals surface area (Å²) in [5.74, 6) is -0.0842. The van der Waals surface area contributed by atoms with Crippen LogP contribution in [0, 0.1) is 0 Å². The van der Waals surface area contributed by atoms with Crippen LogP contribution in [0.5, 0.6) is 0 Å². The molecule has 3 unspecified atom stereocenters. The lowest BCUT2D eigenvalue weighted by atomic mass is 9.98. The minimum atomic E-state index is -0.0842. The predicted molar refractivity (Wildman–Crippen MR) is 42.7 cm³/mol. The van der Waals surface area contributed by atoms with E-state index in [-0.39, 0.29) is 12.1 Å². The molecule has 2 rings (SSSR count). The van der Waals surface area contributed by atoms with E-state index >= 15 is 0 Å². The normalized spacial score (nSPS) is 38.6. The summed E-state index contributed by atoms with van der Waals surface area (Å²) in [6.45, 7) is 1.82. The average molecular weight is 170 g/mol. The van der Waals surface area contributed by atoms with Gasteiger partial charge in [-0.3, -0.25) is 4.79 Å². The largest absolute Gasteiger partial charge is 0.462 e. The van der Waals surface area contributed by atoms with Gasteiger partial charge in [-0.15, -0.1) is 0 Å². The standard InChI is InChI=1S/C9H14O3/c1-2-9(10)11-6-3-4-7-8(5-6)12-7/h6-8H,2-5H2,1H3. The Labute approximate surface area is 72.0 Å². The monoisotopic (exact) mass is 170 g/mol. The first-order valence-corrected chi connectivity index (χ1v) is 4.64. The molecule has 0 spiro atoms. The Balaban J connectivity index is 1.77. The van der Waals surface area contributed by atoms with Gasteiger partial charge in [0, 0.05) is 12.8 Å². The lowest BCUT2D eigenvalue weighted by molar-refractivity contribution is -0.149. The van der Waals surface area contributed by atoms with Crippen molar-refractivity contribution in [3.8, 4) is 0 Å². The fourth-order valence-corrected chi connectivity index (χ4v) is 1.74. The first-order chi connectivity index (χ1) is 5.79. The van der Waals surface area contributed by atoms with E-state index in [4.69, 9.17) is 9.47 Å². The third-order valence-corrected chi connectivity index (χ3v) is 2.54. The van der Waals surface area contributed by atoms with Gasteiger partial charge in [0.15, 0.2) is 0 Å². The molecule has 1 saturated carbocycles. The van der Waals surface area contributed by atoms with Crippen LogP contribution < -0.4 is 0 Å². The van der Waals surface area contributed by atoms with Crippen LogP contribution in [0.1, 0.15) is 32.6 Å². The quantitative estimate of drug-likeness (QED) is 0.462. The molecule has 0 aromatic carbocycles. The number of ether oxygens (including phenoxy) is 2. The molecule has 2 aliphatic rings. The zero-order valence-electron chi connectivity index (χ0n) is 7.29. The summed E-state index contributed by atoms with van der Waals surface area (Å²) in [5, 5.41) is 0. The molecule has 0 radical (unpaired) electrons. The summed E-state index contributed by atoms with van der Waals surface area (Å²) >= 11 is 0. The molecule has 68 valence electrons. The van der Waals surface area contributed by atoms with Gasteiger partial charge >= 0.3 is 5.97 Å². The topological polar surface area (TPSA) is 38.8 Å². The van der Waals surface area contributed by atoms with Crippen molar-refractivity contribution in [2.75, 3.05) is 0 Å². The number of epoxide rings is 1. The van der Waals surface area contributed by atoms with Crippen LogP contribution in [0.3, 0.4) is 0 Å². The molecule has 3 nitrogen and oxygen atoms in total. The second-order valence-electron chi connectivity index (χ2n) is 3.49. The van der Waals surface area contributed by atoms with Crippen molar-refractivity contribution in [2.24, 2.45) is 0 Å². The minimum absolute atomic E-state index is 0.0842. The van der Waals surface area contributed by atoms with Crippen molar-refractivity contribution in [2.45, 2.75) is 50.9 Å². The highest BCUT2D eigenvalue weighted by atomic mass is 16.6. The van der Waals surface area contributed by atoms with Crippen LogP contribution in [0.4, 0.5) is 0 Å². The number of rotatable bonds is 2. The highest BCUT2D eigenvalue weighted by Gasteiger charge is 2.44. The van der Waals surface area contributed by atoms with Gasteiger partial charge in [0.2, 0.25) is 0 Å². The SMILES string of the molecule is CCC(=O)OC1CCC2OC2C1. The average Bonchev–Trinajstić information content (AvgIpc) is 2.82. The molecule has 1 aliphatic heterocycles. The second kappa shape index (κ2) is 3.05. The maximum absolute atomic E-state index is 10.9. The first-order valence-electron chi connectivity index (χ1n) is 4.64. The highest BCUT2D eigenvalue weighted by Crippen LogP contribution is 2.37. The van der Waals surface area contributed by atoms with Crippen molar-refractivity contribution >= 4 is 5.97 Å². The van der Waals surface area contributed by atoms with Crippen LogP contribution >= 0.6 is 0 Å². The summed E-state index contributed by atoms with van der Waals surface area (Å²) in [6, 6.07) is 0. The number of fused-ring (bicyclic) bond motifs is 1. The van der Waals surface area contributed by atoms with Gasteiger partial charge in [0.05, 0.1) is 12.2 Å². The molecule has 1 aliphatic carbocycles. The van der Waals surface area contributed by atoms with Crippen molar-refractivity contribution in [3.05, 3.63) is 0 Å². The molecule has 0 amide bonds. The van der Waals surface area contributed by atoms with E-state index < -0.39 is 0 Å². The van der Waals surface area contributed by atoms with E-state index in [1.165, 1.54) is 0 Å². The molecule has 0 aromatic heterocycles. The summed E-state index contributed by atoms with van der Waals surface area (Å²) in [6.07, 6.45) is 4.44. The van der Waals surface area contributed by atoms with Gasteiger partial charge in [-0.25, -0.2) is 0 Å². The maximum atomic E-state index is 10.9. The van der Waals surface area contributed by atoms with Gasteiger partial charge in [-0.05, 0) is 12.8 Å². The number of esters is 1. The predicted octanol–water partition coefficient (Wildman–Crippen LogP) is 1.26. The highest BCUT2D eigenvalue weighted by molar-refractivity contribution is 5.69. The van der Waals surface area contributed by atoms with Crippen molar-refractivity contribution < 1.29 is 14.3 Å². The Hall–Kier alpha value is -0.570. The van der Waals surface area contributed by atoms with Crippen molar-refractivity contribution in [1.82, 2.24) is 0 Å². The van der Waals surface area contributed by atoms with Gasteiger partial charge < -0.3 is 9.47 Å². The zero-order chi connectivity index (χ0) is 8.55. The van der Waals surface area contributed by atoms with E-state index in [0.29, 0.717) is 18.6 Å². The van der Waals surface area contributed by atoms with E-state index in [2.05, 4.69) is 0 Å². The molecule has 1 saturated heterocycles. The molecule has 1 heterocycles. The molecule has 3 atom stereocenters. The molecule has 0 N–H and O–H groups in total. The lowest BCUT2D eigenvalue weighted by Crippen LogP contribution is -2.24. The maximum Gasteiger partial charge on any atom is 0.305 e. The molecule has 0 aromatic rings. The molecule has 2 fully saturated rings. The van der Waals surface area contributed by atoms with Crippen LogP contribution in [-0.2, 0) is 14.3 Å². The third-order valence-electron chi connectivity index (χ3n) is 2.54. The van der Waals surface area contributed by atoms with E-state index in [0.717, 1.165) is 19.3 Å².